The third-order valence-electron chi connectivity index (χ3n) is 1.78. The van der Waals surface area contributed by atoms with E-state index in [1.54, 1.807) is 0 Å². The first-order valence-electron chi connectivity index (χ1n) is 4.37. The summed E-state index contributed by atoms with van der Waals surface area (Å²) in [5, 5.41) is 8.54. The highest BCUT2D eigenvalue weighted by molar-refractivity contribution is 8.93. The Morgan fingerprint density at radius 2 is 1.75 bits per heavy atom. The summed E-state index contributed by atoms with van der Waals surface area (Å²) in [4.78, 5) is 0. The van der Waals surface area contributed by atoms with Crippen molar-refractivity contribution in [3.05, 3.63) is 0 Å². The SMILES string of the molecule is Br.NCCCCCC(N)CCO. The molecule has 0 saturated carbocycles. The van der Waals surface area contributed by atoms with E-state index in [1.165, 1.54) is 0 Å². The molecule has 0 aliphatic carbocycles. The second-order valence-electron chi connectivity index (χ2n) is 2.91. The van der Waals surface area contributed by atoms with Gasteiger partial charge in [0.25, 0.3) is 0 Å². The van der Waals surface area contributed by atoms with Gasteiger partial charge in [-0.25, -0.2) is 0 Å². The molecule has 0 aromatic carbocycles. The molecule has 0 fully saturated rings. The monoisotopic (exact) mass is 240 g/mol. The van der Waals surface area contributed by atoms with Crippen molar-refractivity contribution in [3.8, 4) is 0 Å². The molecule has 0 amide bonds. The summed E-state index contributed by atoms with van der Waals surface area (Å²) >= 11 is 0. The summed E-state index contributed by atoms with van der Waals surface area (Å²) in [6.07, 6.45) is 5.13. The molecule has 1 unspecified atom stereocenters. The molecule has 3 nitrogen and oxygen atoms in total. The minimum Gasteiger partial charge on any atom is -0.396 e. The summed E-state index contributed by atoms with van der Waals surface area (Å²) in [6, 6.07) is 0.178. The minimum absolute atomic E-state index is 0. The fourth-order valence-corrected chi connectivity index (χ4v) is 1.04. The molecule has 4 heteroatoms. The van der Waals surface area contributed by atoms with E-state index in [-0.39, 0.29) is 29.6 Å². The van der Waals surface area contributed by atoms with Crippen LogP contribution in [0.1, 0.15) is 32.1 Å². The maximum absolute atomic E-state index is 8.54. The first kappa shape index (κ1) is 14.9. The molecule has 0 aromatic rings. The second-order valence-corrected chi connectivity index (χ2v) is 2.91. The maximum atomic E-state index is 8.54. The lowest BCUT2D eigenvalue weighted by molar-refractivity contribution is 0.272. The maximum Gasteiger partial charge on any atom is 0.0445 e. The van der Waals surface area contributed by atoms with Crippen LogP contribution in [0, 0.1) is 0 Å². The Labute approximate surface area is 85.3 Å². The largest absolute Gasteiger partial charge is 0.396 e. The van der Waals surface area contributed by atoms with Gasteiger partial charge < -0.3 is 16.6 Å². The topological polar surface area (TPSA) is 72.3 Å². The van der Waals surface area contributed by atoms with E-state index in [0.717, 1.165) is 38.6 Å². The van der Waals surface area contributed by atoms with E-state index < -0.39 is 0 Å². The molecule has 5 N–H and O–H groups in total. The van der Waals surface area contributed by atoms with E-state index in [1.807, 2.05) is 0 Å². The third-order valence-corrected chi connectivity index (χ3v) is 1.78. The van der Waals surface area contributed by atoms with Crippen LogP contribution in [0.25, 0.3) is 0 Å². The first-order chi connectivity index (χ1) is 5.31. The highest BCUT2D eigenvalue weighted by Gasteiger charge is 1.99. The van der Waals surface area contributed by atoms with Crippen molar-refractivity contribution in [2.24, 2.45) is 11.5 Å². The van der Waals surface area contributed by atoms with Crippen LogP contribution in [0.4, 0.5) is 0 Å². The Bertz CT molecular complexity index is 83.5. The number of aliphatic hydroxyl groups is 1. The zero-order valence-electron chi connectivity index (χ0n) is 7.54. The number of nitrogens with two attached hydrogens (primary N) is 2. The average Bonchev–Trinajstić information content (AvgIpc) is 1.99. The van der Waals surface area contributed by atoms with Crippen LogP contribution in [-0.4, -0.2) is 24.3 Å². The smallest absolute Gasteiger partial charge is 0.0445 e. The molecular formula is C8H21BrN2O. The van der Waals surface area contributed by atoms with Crippen LogP contribution in [0.3, 0.4) is 0 Å². The number of hydrogen-bond acceptors (Lipinski definition) is 3. The molecule has 0 radical (unpaired) electrons. The van der Waals surface area contributed by atoms with Crippen LogP contribution < -0.4 is 11.5 Å². The molecule has 0 spiro atoms. The third kappa shape index (κ3) is 10.4. The van der Waals surface area contributed by atoms with Gasteiger partial charge in [0.15, 0.2) is 0 Å². The lowest BCUT2D eigenvalue weighted by atomic mass is 10.1. The van der Waals surface area contributed by atoms with Gasteiger partial charge in [-0.3, -0.25) is 0 Å². The van der Waals surface area contributed by atoms with Crippen molar-refractivity contribution in [1.29, 1.82) is 0 Å². The molecule has 0 bridgehead atoms. The van der Waals surface area contributed by atoms with E-state index in [4.69, 9.17) is 16.6 Å². The Hall–Kier alpha value is 0.360. The van der Waals surface area contributed by atoms with Gasteiger partial charge in [0.1, 0.15) is 0 Å². The first-order valence-corrected chi connectivity index (χ1v) is 4.37. The van der Waals surface area contributed by atoms with Crippen molar-refractivity contribution in [3.63, 3.8) is 0 Å². The summed E-state index contributed by atoms with van der Waals surface area (Å²) < 4.78 is 0. The Morgan fingerprint density at radius 1 is 1.08 bits per heavy atom. The summed E-state index contributed by atoms with van der Waals surface area (Å²) in [6.45, 7) is 0.979. The van der Waals surface area contributed by atoms with Gasteiger partial charge in [-0.1, -0.05) is 12.8 Å². The van der Waals surface area contributed by atoms with Gasteiger partial charge >= 0.3 is 0 Å². The van der Waals surface area contributed by atoms with Gasteiger partial charge in [-0.2, -0.15) is 0 Å². The van der Waals surface area contributed by atoms with E-state index in [2.05, 4.69) is 0 Å². The molecule has 76 valence electrons. The molecule has 0 aliphatic rings. The van der Waals surface area contributed by atoms with Crippen LogP contribution in [0.2, 0.25) is 0 Å². The number of aliphatic hydroxyl groups excluding tert-OH is 1. The van der Waals surface area contributed by atoms with Gasteiger partial charge in [0.05, 0.1) is 0 Å². The molecule has 0 heterocycles. The van der Waals surface area contributed by atoms with Crippen LogP contribution >= 0.6 is 17.0 Å². The van der Waals surface area contributed by atoms with Crippen molar-refractivity contribution >= 4 is 17.0 Å². The normalized spacial score (nSPS) is 12.2. The summed E-state index contributed by atoms with van der Waals surface area (Å²) in [5.74, 6) is 0. The Balaban J connectivity index is 0. The fraction of sp³-hybridized carbons (Fsp3) is 1.00. The summed E-state index contributed by atoms with van der Waals surface area (Å²) in [7, 11) is 0. The van der Waals surface area contributed by atoms with Gasteiger partial charge in [-0.05, 0) is 25.8 Å². The molecule has 1 atom stereocenters. The van der Waals surface area contributed by atoms with Crippen molar-refractivity contribution in [2.45, 2.75) is 38.1 Å². The number of halogens is 1. The van der Waals surface area contributed by atoms with Gasteiger partial charge in [0, 0.05) is 12.6 Å². The number of unbranched alkanes of at least 4 members (excludes halogenated alkanes) is 2. The van der Waals surface area contributed by atoms with E-state index >= 15 is 0 Å². The average molecular weight is 241 g/mol. The molecular weight excluding hydrogens is 220 g/mol. The van der Waals surface area contributed by atoms with Crippen molar-refractivity contribution in [1.82, 2.24) is 0 Å². The lowest BCUT2D eigenvalue weighted by Crippen LogP contribution is -2.21. The Morgan fingerprint density at radius 3 is 2.25 bits per heavy atom. The van der Waals surface area contributed by atoms with Crippen molar-refractivity contribution in [2.75, 3.05) is 13.2 Å². The minimum atomic E-state index is 0. The highest BCUT2D eigenvalue weighted by atomic mass is 79.9. The fourth-order valence-electron chi connectivity index (χ4n) is 1.04. The number of hydrogen-bond donors (Lipinski definition) is 3. The molecule has 0 aromatic heterocycles. The quantitative estimate of drug-likeness (QED) is 0.577. The lowest BCUT2D eigenvalue weighted by Gasteiger charge is -2.08. The van der Waals surface area contributed by atoms with Crippen molar-refractivity contribution < 1.29 is 5.11 Å². The van der Waals surface area contributed by atoms with Crippen LogP contribution in [0.15, 0.2) is 0 Å². The molecule has 0 saturated heterocycles. The predicted molar refractivity (Wildman–Crippen MR) is 57.5 cm³/mol. The zero-order valence-corrected chi connectivity index (χ0v) is 9.25. The van der Waals surface area contributed by atoms with Crippen LogP contribution in [-0.2, 0) is 0 Å². The second kappa shape index (κ2) is 11.4. The predicted octanol–water partition coefficient (Wildman–Crippen LogP) is 0.793. The summed E-state index contributed by atoms with van der Waals surface area (Å²) in [5.41, 5.74) is 11.0. The number of rotatable bonds is 7. The Kier molecular flexibility index (Phi) is 14.1. The van der Waals surface area contributed by atoms with Crippen LogP contribution in [0.5, 0.6) is 0 Å². The van der Waals surface area contributed by atoms with Gasteiger partial charge in [0.2, 0.25) is 0 Å². The standard InChI is InChI=1S/C8H20N2O.BrH/c9-6-3-1-2-4-8(10)5-7-11;/h8,11H,1-7,9-10H2;1H. The van der Waals surface area contributed by atoms with E-state index in [0.29, 0.717) is 0 Å². The molecule has 12 heavy (non-hydrogen) atoms. The highest BCUT2D eigenvalue weighted by Crippen LogP contribution is 2.03. The molecule has 0 rings (SSSR count). The molecule has 0 aliphatic heterocycles. The zero-order chi connectivity index (χ0) is 8.53. The van der Waals surface area contributed by atoms with Gasteiger partial charge in [-0.15, -0.1) is 17.0 Å². The van der Waals surface area contributed by atoms with E-state index in [9.17, 15) is 0 Å².